The van der Waals surface area contributed by atoms with Gasteiger partial charge in [0.25, 0.3) is 0 Å². The van der Waals surface area contributed by atoms with Crippen molar-refractivity contribution < 1.29 is 9.59 Å². The molecule has 6 rings (SSSR count). The van der Waals surface area contributed by atoms with Crippen LogP contribution in [0.25, 0.3) is 37.3 Å². The second-order valence-electron chi connectivity index (χ2n) is 7.81. The number of halogens is 2. The van der Waals surface area contributed by atoms with Crippen LogP contribution in [0, 0.1) is 0 Å². The van der Waals surface area contributed by atoms with E-state index in [0.717, 1.165) is 30.5 Å². The first-order chi connectivity index (χ1) is 16.5. The molecule has 2 aromatic heterocycles. The summed E-state index contributed by atoms with van der Waals surface area (Å²) >= 11 is 15.1. The highest BCUT2D eigenvalue weighted by Crippen LogP contribution is 2.38. The molecule has 0 atom stereocenters. The van der Waals surface area contributed by atoms with E-state index in [4.69, 9.17) is 28.2 Å². The number of carbonyl (C=O) groups is 2. The van der Waals surface area contributed by atoms with E-state index in [0.29, 0.717) is 11.1 Å². The second-order valence-corrected chi connectivity index (χ2v) is 10.7. The molecule has 2 heterocycles. The smallest absolute Gasteiger partial charge is 0.197 e. The molecule has 0 spiro atoms. The third kappa shape index (κ3) is 3.62. The zero-order valence-corrected chi connectivity index (χ0v) is 20.5. The van der Waals surface area contributed by atoms with E-state index < -0.39 is 0 Å². The minimum Gasteiger partial charge on any atom is -0.288 e. The number of benzene rings is 3. The normalized spacial score (nSPS) is 13.1. The molecular weight excluding hydrogens is 505 g/mol. The Balaban J connectivity index is 1.29. The van der Waals surface area contributed by atoms with Crippen molar-refractivity contribution in [2.24, 2.45) is 0 Å². The molecule has 5 aromatic rings. The lowest BCUT2D eigenvalue weighted by molar-refractivity contribution is 0.0990. The topological polar surface area (TPSA) is 47.0 Å². The molecule has 3 aromatic carbocycles. The van der Waals surface area contributed by atoms with E-state index in [1.165, 1.54) is 29.0 Å². The van der Waals surface area contributed by atoms with Gasteiger partial charge in [-0.1, -0.05) is 77.8 Å². The van der Waals surface area contributed by atoms with E-state index in [1.54, 1.807) is 17.4 Å². The fourth-order valence-electron chi connectivity index (χ4n) is 3.97. The first-order valence-corrected chi connectivity index (χ1v) is 12.7. The molecule has 0 amide bonds. The number of hydrogen-bond acceptors (Lipinski definition) is 5. The van der Waals surface area contributed by atoms with Gasteiger partial charge in [0.2, 0.25) is 0 Å². The zero-order chi connectivity index (χ0) is 23.4. The van der Waals surface area contributed by atoms with Crippen molar-refractivity contribution in [3.05, 3.63) is 104 Å². The molecule has 0 saturated carbocycles. The van der Waals surface area contributed by atoms with Gasteiger partial charge in [-0.2, -0.15) is 0 Å². The largest absolute Gasteiger partial charge is 0.288 e. The molecular formula is C27H13Cl2NO2S2. The van der Waals surface area contributed by atoms with Crippen LogP contribution in [0.15, 0.2) is 78.4 Å². The van der Waals surface area contributed by atoms with E-state index in [2.05, 4.69) is 36.4 Å². The third-order valence-corrected chi connectivity index (χ3v) is 8.55. The Morgan fingerprint density at radius 2 is 1.29 bits per heavy atom. The maximum atomic E-state index is 12.8. The molecule has 0 radical (unpaired) electrons. The Labute approximate surface area is 212 Å². The Bertz CT molecular complexity index is 1570. The van der Waals surface area contributed by atoms with Crippen LogP contribution >= 0.6 is 45.9 Å². The SMILES string of the molecule is O=C1C(=Cc2cc3sc(-c4ccc(-c5ccccc5)cc4)nc3s2)C(=O)c2cc(Cl)c(Cl)cc21. The number of hydrogen-bond donors (Lipinski definition) is 0. The molecule has 0 bridgehead atoms. The summed E-state index contributed by atoms with van der Waals surface area (Å²) in [5.74, 6) is -0.662. The lowest BCUT2D eigenvalue weighted by Crippen LogP contribution is -1.99. The molecule has 7 heteroatoms. The monoisotopic (exact) mass is 517 g/mol. The molecule has 1 aliphatic rings. The summed E-state index contributed by atoms with van der Waals surface area (Å²) in [6.45, 7) is 0. The highest BCUT2D eigenvalue weighted by atomic mass is 35.5. The summed E-state index contributed by atoms with van der Waals surface area (Å²) < 4.78 is 1.01. The standard InChI is InChI=1S/C27H13Cl2NO2S2/c28-21-12-18-19(13-22(21)29)25(32)20(24(18)31)10-17-11-23-27(33-17)30-26(34-23)16-8-6-15(7-9-16)14-4-2-1-3-5-14/h1-13H. The number of thiazole rings is 1. The lowest BCUT2D eigenvalue weighted by atomic mass is 10.0. The van der Waals surface area contributed by atoms with Crippen molar-refractivity contribution in [2.45, 2.75) is 0 Å². The molecule has 3 nitrogen and oxygen atoms in total. The molecule has 34 heavy (non-hydrogen) atoms. The maximum Gasteiger partial charge on any atom is 0.197 e. The van der Waals surface area contributed by atoms with Crippen LogP contribution in [0.2, 0.25) is 10.0 Å². The van der Waals surface area contributed by atoms with E-state index in [1.807, 2.05) is 24.3 Å². The van der Waals surface area contributed by atoms with Gasteiger partial charge in [-0.25, -0.2) is 4.98 Å². The number of fused-ring (bicyclic) bond motifs is 2. The van der Waals surface area contributed by atoms with E-state index >= 15 is 0 Å². The van der Waals surface area contributed by atoms with Gasteiger partial charge in [0.1, 0.15) is 9.84 Å². The Morgan fingerprint density at radius 3 is 1.91 bits per heavy atom. The molecule has 0 N–H and O–H groups in total. The minimum atomic E-state index is -0.331. The van der Waals surface area contributed by atoms with Gasteiger partial charge in [0.15, 0.2) is 11.6 Å². The Hall–Kier alpha value is -3.09. The summed E-state index contributed by atoms with van der Waals surface area (Å²) in [5, 5.41) is 1.45. The molecule has 1 aliphatic carbocycles. The van der Waals surface area contributed by atoms with E-state index in [9.17, 15) is 9.59 Å². The number of carbonyl (C=O) groups excluding carboxylic acids is 2. The van der Waals surface area contributed by atoms with Gasteiger partial charge in [-0.15, -0.1) is 22.7 Å². The van der Waals surface area contributed by atoms with Crippen molar-refractivity contribution in [1.29, 1.82) is 0 Å². The predicted molar refractivity (Wildman–Crippen MR) is 141 cm³/mol. The van der Waals surface area contributed by atoms with Crippen LogP contribution in [-0.4, -0.2) is 16.6 Å². The number of allylic oxidation sites excluding steroid dienone is 1. The summed E-state index contributed by atoms with van der Waals surface area (Å²) in [6, 6.07) is 23.5. The predicted octanol–water partition coefficient (Wildman–Crippen LogP) is 8.46. The average Bonchev–Trinajstić information content (AvgIpc) is 3.48. The molecule has 0 unspecified atom stereocenters. The first-order valence-electron chi connectivity index (χ1n) is 10.3. The Kier molecular flexibility index (Phi) is 5.23. The van der Waals surface area contributed by atoms with Crippen molar-refractivity contribution in [3.63, 3.8) is 0 Å². The number of thiophene rings is 1. The maximum absolute atomic E-state index is 12.8. The minimum absolute atomic E-state index is 0.124. The highest BCUT2D eigenvalue weighted by molar-refractivity contribution is 7.29. The molecule has 0 saturated heterocycles. The van der Waals surface area contributed by atoms with Gasteiger partial charge in [-0.3, -0.25) is 9.59 Å². The summed E-state index contributed by atoms with van der Waals surface area (Å²) in [4.78, 5) is 32.1. The van der Waals surface area contributed by atoms with Gasteiger partial charge in [-0.05, 0) is 35.4 Å². The number of ketones is 2. The van der Waals surface area contributed by atoms with Crippen molar-refractivity contribution in [1.82, 2.24) is 4.98 Å². The van der Waals surface area contributed by atoms with Crippen molar-refractivity contribution >= 4 is 73.0 Å². The van der Waals surface area contributed by atoms with Gasteiger partial charge in [0.05, 0.1) is 20.3 Å². The summed E-state index contributed by atoms with van der Waals surface area (Å²) in [6.07, 6.45) is 1.64. The number of rotatable bonds is 3. The van der Waals surface area contributed by atoms with Crippen molar-refractivity contribution in [2.75, 3.05) is 0 Å². The number of nitrogens with zero attached hydrogens (tertiary/aromatic N) is 1. The van der Waals surface area contributed by atoms with Crippen LogP contribution in [0.4, 0.5) is 0 Å². The van der Waals surface area contributed by atoms with Crippen LogP contribution in [0.3, 0.4) is 0 Å². The van der Waals surface area contributed by atoms with Gasteiger partial charge < -0.3 is 0 Å². The number of aromatic nitrogens is 1. The molecule has 164 valence electrons. The zero-order valence-electron chi connectivity index (χ0n) is 17.3. The molecule has 0 aliphatic heterocycles. The molecule has 0 fully saturated rings. The lowest BCUT2D eigenvalue weighted by Gasteiger charge is -2.02. The number of Topliss-reactive ketones (excluding diaryl/α,β-unsaturated/α-hetero) is 2. The summed E-state index contributed by atoms with van der Waals surface area (Å²) in [7, 11) is 0. The van der Waals surface area contributed by atoms with Crippen molar-refractivity contribution in [3.8, 4) is 21.7 Å². The third-order valence-electron chi connectivity index (χ3n) is 5.67. The summed E-state index contributed by atoms with van der Waals surface area (Å²) in [5.41, 5.74) is 4.10. The average molecular weight is 518 g/mol. The Morgan fingerprint density at radius 1 is 0.706 bits per heavy atom. The highest BCUT2D eigenvalue weighted by Gasteiger charge is 2.34. The fourth-order valence-corrected chi connectivity index (χ4v) is 6.47. The van der Waals surface area contributed by atoms with Crippen LogP contribution < -0.4 is 0 Å². The van der Waals surface area contributed by atoms with Crippen LogP contribution in [-0.2, 0) is 0 Å². The quantitative estimate of drug-likeness (QED) is 0.178. The van der Waals surface area contributed by atoms with Gasteiger partial charge in [0, 0.05) is 21.6 Å². The van der Waals surface area contributed by atoms with Gasteiger partial charge >= 0.3 is 0 Å². The first kappa shape index (κ1) is 21.4. The second kappa shape index (κ2) is 8.29. The van der Waals surface area contributed by atoms with Crippen LogP contribution in [0.5, 0.6) is 0 Å². The van der Waals surface area contributed by atoms with E-state index in [-0.39, 0.29) is 27.2 Å². The fraction of sp³-hybridized carbons (Fsp3) is 0. The van der Waals surface area contributed by atoms with Crippen LogP contribution in [0.1, 0.15) is 25.6 Å².